The maximum Gasteiger partial charge on any atom is 0.408 e. The Bertz CT molecular complexity index is 1060. The van der Waals surface area contributed by atoms with Crippen LogP contribution in [0.1, 0.15) is 38.8 Å². The molecule has 2 amide bonds. The van der Waals surface area contributed by atoms with Crippen LogP contribution in [-0.2, 0) is 27.3 Å². The minimum absolute atomic E-state index is 0.318. The van der Waals surface area contributed by atoms with Crippen LogP contribution in [0.25, 0.3) is 10.9 Å². The molecule has 0 bridgehead atoms. The molecule has 0 saturated heterocycles. The van der Waals surface area contributed by atoms with E-state index < -0.39 is 23.8 Å². The molecule has 0 spiro atoms. The van der Waals surface area contributed by atoms with Crippen LogP contribution >= 0.6 is 0 Å². The largest absolute Gasteiger partial charge is 0.444 e. The maximum absolute atomic E-state index is 13.0. The van der Waals surface area contributed by atoms with Crippen molar-refractivity contribution in [3.8, 4) is 0 Å². The van der Waals surface area contributed by atoms with Gasteiger partial charge in [-0.15, -0.1) is 0 Å². The number of hydrogen-bond donors (Lipinski definition) is 3. The van der Waals surface area contributed by atoms with E-state index in [4.69, 9.17) is 9.47 Å². The first kappa shape index (κ1) is 24.3. The molecule has 3 N–H and O–H groups in total. The summed E-state index contributed by atoms with van der Waals surface area (Å²) in [6, 6.07) is 16.8. The van der Waals surface area contributed by atoms with E-state index in [-0.39, 0.29) is 5.91 Å². The van der Waals surface area contributed by atoms with E-state index in [1.54, 1.807) is 27.7 Å². The van der Waals surface area contributed by atoms with Crippen LogP contribution in [0.2, 0.25) is 0 Å². The Morgan fingerprint density at radius 2 is 1.73 bits per heavy atom. The number of carbonyl (C=O) groups excluding carboxylic acids is 2. The van der Waals surface area contributed by atoms with Crippen LogP contribution in [0.15, 0.2) is 60.8 Å². The van der Waals surface area contributed by atoms with Gasteiger partial charge in [0.1, 0.15) is 11.6 Å². The number of ether oxygens (including phenoxy) is 2. The van der Waals surface area contributed by atoms with Gasteiger partial charge in [0.25, 0.3) is 0 Å². The predicted octanol–water partition coefficient (Wildman–Crippen LogP) is 4.33. The highest BCUT2D eigenvalue weighted by molar-refractivity contribution is 5.86. The van der Waals surface area contributed by atoms with Gasteiger partial charge in [-0.05, 0) is 51.3 Å². The monoisotopic (exact) mass is 451 g/mol. The lowest BCUT2D eigenvalue weighted by molar-refractivity contribution is -0.127. The normalized spacial score (nSPS) is 13.3. The molecule has 2 atom stereocenters. The van der Waals surface area contributed by atoms with Gasteiger partial charge in [-0.25, -0.2) is 4.79 Å². The van der Waals surface area contributed by atoms with Crippen LogP contribution in [-0.4, -0.2) is 41.3 Å². The molecular weight excluding hydrogens is 418 g/mol. The fourth-order valence-electron chi connectivity index (χ4n) is 3.50. The van der Waals surface area contributed by atoms with Crippen LogP contribution in [0, 0.1) is 0 Å². The number of fused-ring (bicyclic) bond motifs is 1. The van der Waals surface area contributed by atoms with Gasteiger partial charge in [-0.2, -0.15) is 0 Å². The molecule has 176 valence electrons. The van der Waals surface area contributed by atoms with Crippen LogP contribution in [0.3, 0.4) is 0 Å². The van der Waals surface area contributed by atoms with Crippen molar-refractivity contribution in [2.75, 3.05) is 6.54 Å². The molecule has 33 heavy (non-hydrogen) atoms. The summed E-state index contributed by atoms with van der Waals surface area (Å²) in [6.45, 7) is 7.86. The number of hydrogen-bond acceptors (Lipinski definition) is 4. The van der Waals surface area contributed by atoms with Crippen molar-refractivity contribution in [3.63, 3.8) is 0 Å². The number of rotatable bonds is 9. The third-order valence-corrected chi connectivity index (χ3v) is 5.15. The smallest absolute Gasteiger partial charge is 0.408 e. The number of aromatic amines is 1. The molecular formula is C26H33N3O4. The Morgan fingerprint density at radius 1 is 1.03 bits per heavy atom. The van der Waals surface area contributed by atoms with Gasteiger partial charge in [-0.1, -0.05) is 48.5 Å². The quantitative estimate of drug-likeness (QED) is 0.452. The third-order valence-electron chi connectivity index (χ3n) is 5.15. The molecule has 7 nitrogen and oxygen atoms in total. The molecule has 0 radical (unpaired) electrons. The molecule has 0 aliphatic carbocycles. The number of alkyl carbamates (subject to hydrolysis) is 1. The van der Waals surface area contributed by atoms with Gasteiger partial charge < -0.3 is 25.1 Å². The Labute approximate surface area is 194 Å². The average molecular weight is 452 g/mol. The van der Waals surface area contributed by atoms with Crippen molar-refractivity contribution in [2.45, 2.75) is 58.5 Å². The average Bonchev–Trinajstić information content (AvgIpc) is 3.18. The van der Waals surface area contributed by atoms with E-state index in [1.807, 2.05) is 54.7 Å². The number of aromatic nitrogens is 1. The maximum atomic E-state index is 13.0. The number of amides is 2. The molecule has 2 aromatic carbocycles. The second kappa shape index (κ2) is 11.0. The van der Waals surface area contributed by atoms with Crippen molar-refractivity contribution < 1.29 is 19.1 Å². The second-order valence-electron chi connectivity index (χ2n) is 9.03. The summed E-state index contributed by atoms with van der Waals surface area (Å²) in [5.41, 5.74) is 2.50. The first-order valence-corrected chi connectivity index (χ1v) is 11.2. The molecule has 3 aromatic rings. The highest BCUT2D eigenvalue weighted by atomic mass is 16.6. The molecule has 7 heteroatoms. The van der Waals surface area contributed by atoms with Crippen LogP contribution < -0.4 is 10.6 Å². The van der Waals surface area contributed by atoms with Crippen molar-refractivity contribution in [1.82, 2.24) is 15.6 Å². The number of para-hydroxylation sites is 1. The Morgan fingerprint density at radius 3 is 2.45 bits per heavy atom. The molecule has 3 rings (SSSR count). The number of H-pyrrole nitrogens is 1. The Kier molecular flexibility index (Phi) is 8.11. The molecule has 1 heterocycles. The van der Waals surface area contributed by atoms with E-state index in [2.05, 4.69) is 21.7 Å². The topological polar surface area (TPSA) is 92.4 Å². The van der Waals surface area contributed by atoms with Crippen LogP contribution in [0.4, 0.5) is 4.79 Å². The zero-order valence-electron chi connectivity index (χ0n) is 19.7. The summed E-state index contributed by atoms with van der Waals surface area (Å²) >= 11 is 0. The highest BCUT2D eigenvalue weighted by Crippen LogP contribution is 2.17. The lowest BCUT2D eigenvalue weighted by Crippen LogP contribution is -2.54. The Balaban J connectivity index is 1.61. The van der Waals surface area contributed by atoms with Crippen molar-refractivity contribution in [2.24, 2.45) is 0 Å². The minimum atomic E-state index is -0.897. The van der Waals surface area contributed by atoms with E-state index in [0.29, 0.717) is 19.6 Å². The number of benzene rings is 2. The van der Waals surface area contributed by atoms with E-state index in [0.717, 1.165) is 22.0 Å². The van der Waals surface area contributed by atoms with Crippen LogP contribution in [0.5, 0.6) is 0 Å². The highest BCUT2D eigenvalue weighted by Gasteiger charge is 2.29. The minimum Gasteiger partial charge on any atom is -0.444 e. The summed E-state index contributed by atoms with van der Waals surface area (Å²) in [5, 5.41) is 6.74. The predicted molar refractivity (Wildman–Crippen MR) is 129 cm³/mol. The van der Waals surface area contributed by atoms with Gasteiger partial charge in [0, 0.05) is 23.6 Å². The lowest BCUT2D eigenvalue weighted by atomic mass is 10.1. The summed E-state index contributed by atoms with van der Waals surface area (Å²) in [5.74, 6) is -0.318. The first-order valence-electron chi connectivity index (χ1n) is 11.2. The van der Waals surface area contributed by atoms with Gasteiger partial charge in [0.15, 0.2) is 0 Å². The molecule has 0 aliphatic heterocycles. The van der Waals surface area contributed by atoms with Gasteiger partial charge >= 0.3 is 6.09 Å². The Hall–Kier alpha value is -3.32. The first-order chi connectivity index (χ1) is 15.7. The SMILES string of the molecule is C[C@@H](OCc1ccccc1)[C@H](NC(=O)OC(C)(C)C)C(=O)NCCc1c[nH]c2ccccc12. The van der Waals surface area contributed by atoms with Gasteiger partial charge in [-0.3, -0.25) is 4.79 Å². The lowest BCUT2D eigenvalue weighted by Gasteiger charge is -2.27. The summed E-state index contributed by atoms with van der Waals surface area (Å²) in [7, 11) is 0. The zero-order chi connectivity index (χ0) is 23.8. The summed E-state index contributed by atoms with van der Waals surface area (Å²) < 4.78 is 11.3. The van der Waals surface area contributed by atoms with Gasteiger partial charge in [0.05, 0.1) is 12.7 Å². The molecule has 0 unspecified atom stereocenters. The molecule has 0 fully saturated rings. The second-order valence-corrected chi connectivity index (χ2v) is 9.03. The fourth-order valence-corrected chi connectivity index (χ4v) is 3.50. The number of nitrogens with one attached hydrogen (secondary N) is 3. The molecule has 1 aromatic heterocycles. The van der Waals surface area contributed by atoms with Crippen molar-refractivity contribution in [3.05, 3.63) is 71.9 Å². The molecule has 0 aliphatic rings. The van der Waals surface area contributed by atoms with Gasteiger partial charge in [0.2, 0.25) is 5.91 Å². The number of carbonyl (C=O) groups is 2. The molecule has 0 saturated carbocycles. The summed E-state index contributed by atoms with van der Waals surface area (Å²) in [6.07, 6.45) is 1.40. The van der Waals surface area contributed by atoms with E-state index in [1.165, 1.54) is 0 Å². The van der Waals surface area contributed by atoms with Crippen molar-refractivity contribution >= 4 is 22.9 Å². The summed E-state index contributed by atoms with van der Waals surface area (Å²) in [4.78, 5) is 28.6. The zero-order valence-corrected chi connectivity index (χ0v) is 19.7. The van der Waals surface area contributed by atoms with E-state index in [9.17, 15) is 9.59 Å². The standard InChI is InChI=1S/C26H33N3O4/c1-18(32-17-19-10-6-5-7-11-19)23(29-25(31)33-26(2,3)4)24(30)27-15-14-20-16-28-22-13-9-8-12-21(20)22/h5-13,16,18,23,28H,14-15,17H2,1-4H3,(H,27,30)(H,29,31)/t18-,23+/m1/s1. The van der Waals surface area contributed by atoms with Crippen molar-refractivity contribution in [1.29, 1.82) is 0 Å². The fraction of sp³-hybridized carbons (Fsp3) is 0.385. The third kappa shape index (κ3) is 7.36. The van der Waals surface area contributed by atoms with E-state index >= 15 is 0 Å².